The van der Waals surface area contributed by atoms with Gasteiger partial charge in [-0.15, -0.1) is 0 Å². The number of quaternary nitrogens is 1. The molecule has 0 bridgehead atoms. The Morgan fingerprint density at radius 2 is 0.692 bits per heavy atom. The lowest BCUT2D eigenvalue weighted by atomic mass is 10.0. The van der Waals surface area contributed by atoms with Gasteiger partial charge in [0.05, 0.1) is 27.7 Å². The number of hydrogen-bond donors (Lipinski definition) is 1. The van der Waals surface area contributed by atoms with Gasteiger partial charge in [-0.2, -0.15) is 0 Å². The Morgan fingerprint density at radius 3 is 1.03 bits per heavy atom. The van der Waals surface area contributed by atoms with Gasteiger partial charge in [-0.05, 0) is 103 Å². The first kappa shape index (κ1) is 74.4. The van der Waals surface area contributed by atoms with Gasteiger partial charge in [0, 0.05) is 12.8 Å². The first-order valence-corrected chi connectivity index (χ1v) is 32.8. The second kappa shape index (κ2) is 58.1. The van der Waals surface area contributed by atoms with E-state index in [1.165, 1.54) is 89.9 Å². The summed E-state index contributed by atoms with van der Waals surface area (Å²) in [6.07, 6.45) is 82.7. The van der Waals surface area contributed by atoms with Crippen LogP contribution in [0.15, 0.2) is 122 Å². The van der Waals surface area contributed by atoms with Gasteiger partial charge >= 0.3 is 19.8 Å². The van der Waals surface area contributed by atoms with Crippen molar-refractivity contribution in [3.63, 3.8) is 0 Å². The highest BCUT2D eigenvalue weighted by Crippen LogP contribution is 2.43. The van der Waals surface area contributed by atoms with Gasteiger partial charge in [-0.3, -0.25) is 18.6 Å². The number of allylic oxidation sites excluding steroid dienone is 20. The first-order chi connectivity index (χ1) is 38.0. The van der Waals surface area contributed by atoms with Crippen LogP contribution in [0.3, 0.4) is 0 Å². The highest BCUT2D eigenvalue weighted by molar-refractivity contribution is 7.47. The maximum atomic E-state index is 12.8. The van der Waals surface area contributed by atoms with Gasteiger partial charge in [0.15, 0.2) is 6.10 Å². The summed E-state index contributed by atoms with van der Waals surface area (Å²) in [5, 5.41) is 0. The number of phosphoric ester groups is 1. The van der Waals surface area contributed by atoms with Crippen LogP contribution in [0.4, 0.5) is 0 Å². The molecule has 0 saturated heterocycles. The van der Waals surface area contributed by atoms with Crippen molar-refractivity contribution in [3.8, 4) is 0 Å². The Balaban J connectivity index is 4.16. The monoisotopic (exact) mass is 1110 g/mol. The molecule has 2 atom stereocenters. The van der Waals surface area contributed by atoms with Crippen LogP contribution in [0.1, 0.15) is 245 Å². The number of nitrogens with zero attached hydrogens (tertiary/aromatic N) is 1. The molecule has 446 valence electrons. The van der Waals surface area contributed by atoms with Crippen LogP contribution >= 0.6 is 7.82 Å². The molecule has 0 rings (SSSR count). The van der Waals surface area contributed by atoms with Crippen molar-refractivity contribution < 1.29 is 42.1 Å². The van der Waals surface area contributed by atoms with Crippen molar-refractivity contribution in [2.45, 2.75) is 251 Å². The minimum Gasteiger partial charge on any atom is -0.462 e. The number of esters is 2. The predicted molar refractivity (Wildman–Crippen MR) is 334 cm³/mol. The minimum absolute atomic E-state index is 0.0229. The van der Waals surface area contributed by atoms with Gasteiger partial charge in [-0.1, -0.05) is 251 Å². The fourth-order valence-corrected chi connectivity index (χ4v) is 8.99. The summed E-state index contributed by atoms with van der Waals surface area (Å²) in [6.45, 7) is 4.19. The molecule has 1 N–H and O–H groups in total. The fraction of sp³-hybridized carbons (Fsp3) is 0.676. The van der Waals surface area contributed by atoms with Crippen LogP contribution in [-0.2, 0) is 32.7 Å². The molecule has 9 nitrogen and oxygen atoms in total. The molecule has 0 radical (unpaired) electrons. The number of rotatable bonds is 56. The smallest absolute Gasteiger partial charge is 0.462 e. The highest BCUT2D eigenvalue weighted by atomic mass is 31.2. The number of hydrogen-bond acceptors (Lipinski definition) is 7. The van der Waals surface area contributed by atoms with Crippen molar-refractivity contribution in [1.82, 2.24) is 0 Å². The molecule has 10 heteroatoms. The summed E-state index contributed by atoms with van der Waals surface area (Å²) in [4.78, 5) is 35.8. The van der Waals surface area contributed by atoms with Crippen molar-refractivity contribution in [2.75, 3.05) is 47.5 Å². The third-order valence-electron chi connectivity index (χ3n) is 13.0. The van der Waals surface area contributed by atoms with Gasteiger partial charge < -0.3 is 18.9 Å². The summed E-state index contributed by atoms with van der Waals surface area (Å²) in [5.41, 5.74) is 0. The second-order valence-electron chi connectivity index (χ2n) is 21.7. The summed E-state index contributed by atoms with van der Waals surface area (Å²) in [5.74, 6) is -0.817. The molecule has 0 spiro atoms. The zero-order valence-electron chi connectivity index (χ0n) is 50.6. The molecule has 0 saturated carbocycles. The number of carbonyl (C=O) groups excluding carboxylic acids is 2. The van der Waals surface area contributed by atoms with Gasteiger partial charge in [0.25, 0.3) is 0 Å². The summed E-state index contributed by atoms with van der Waals surface area (Å²) in [6, 6.07) is 0. The Kier molecular flexibility index (Phi) is 55.4. The van der Waals surface area contributed by atoms with Crippen LogP contribution in [0.5, 0.6) is 0 Å². The number of likely N-dealkylation sites (N-methyl/N-ethyl adjacent to an activating group) is 1. The average molecular weight is 1110 g/mol. The van der Waals surface area contributed by atoms with E-state index in [2.05, 4.69) is 135 Å². The van der Waals surface area contributed by atoms with E-state index in [4.69, 9.17) is 18.5 Å². The zero-order valence-corrected chi connectivity index (χ0v) is 51.5. The normalized spacial score (nSPS) is 14.1. The van der Waals surface area contributed by atoms with Gasteiger partial charge in [0.2, 0.25) is 0 Å². The lowest BCUT2D eigenvalue weighted by Crippen LogP contribution is -2.37. The van der Waals surface area contributed by atoms with Gasteiger partial charge in [-0.25, -0.2) is 4.57 Å². The topological polar surface area (TPSA) is 108 Å². The molecule has 0 aliphatic carbocycles. The van der Waals surface area contributed by atoms with E-state index in [-0.39, 0.29) is 32.0 Å². The van der Waals surface area contributed by atoms with E-state index in [0.29, 0.717) is 17.4 Å². The lowest BCUT2D eigenvalue weighted by molar-refractivity contribution is -0.870. The third-order valence-corrected chi connectivity index (χ3v) is 14.0. The molecule has 0 aromatic carbocycles. The minimum atomic E-state index is -4.40. The molecular weight excluding hydrogens is 990 g/mol. The van der Waals surface area contributed by atoms with E-state index in [0.717, 1.165) is 122 Å². The average Bonchev–Trinajstić information content (AvgIpc) is 3.40. The molecule has 0 aromatic heterocycles. The molecule has 0 aliphatic rings. The number of ether oxygens (including phenoxy) is 2. The Labute approximate surface area is 479 Å². The van der Waals surface area contributed by atoms with Gasteiger partial charge in [0.1, 0.15) is 19.8 Å². The molecule has 0 amide bonds. The van der Waals surface area contributed by atoms with E-state index in [1.807, 2.05) is 21.1 Å². The maximum Gasteiger partial charge on any atom is 0.472 e. The molecular formula is C68H117NO8P+. The molecule has 0 aliphatic heterocycles. The molecule has 2 unspecified atom stereocenters. The number of unbranched alkanes of at least 4 members (excludes halogenated alkanes) is 22. The Morgan fingerprint density at radius 1 is 0.397 bits per heavy atom. The largest absolute Gasteiger partial charge is 0.472 e. The second-order valence-corrected chi connectivity index (χ2v) is 23.1. The summed E-state index contributed by atoms with van der Waals surface area (Å²) >= 11 is 0. The Hall–Kier alpha value is -3.59. The first-order valence-electron chi connectivity index (χ1n) is 31.3. The van der Waals surface area contributed by atoms with Crippen molar-refractivity contribution in [2.24, 2.45) is 0 Å². The van der Waals surface area contributed by atoms with Crippen LogP contribution in [0.2, 0.25) is 0 Å². The predicted octanol–water partition coefficient (Wildman–Crippen LogP) is 19.9. The van der Waals surface area contributed by atoms with E-state index >= 15 is 0 Å². The van der Waals surface area contributed by atoms with Crippen LogP contribution in [0.25, 0.3) is 0 Å². The molecule has 0 fully saturated rings. The summed E-state index contributed by atoms with van der Waals surface area (Å²) < 4.78 is 34.6. The maximum absolute atomic E-state index is 12.8. The quantitative estimate of drug-likeness (QED) is 0.0211. The summed E-state index contributed by atoms with van der Waals surface area (Å²) in [7, 11) is 1.45. The van der Waals surface area contributed by atoms with E-state index < -0.39 is 26.5 Å². The van der Waals surface area contributed by atoms with Crippen LogP contribution < -0.4 is 0 Å². The SMILES string of the molecule is CC/C=C\C/C=C\C/C=C\C/C=C\C/C=C\C/C=C\CCCCCCCCC(=O)OC(COC(=O)CCCCCCCCCCCCCCCCCC/C=C\C/C=C\C/C=C\C/C=C\CC)COP(=O)(O)OCC[N+](C)(C)C. The van der Waals surface area contributed by atoms with Crippen molar-refractivity contribution in [3.05, 3.63) is 122 Å². The molecule has 0 heterocycles. The fourth-order valence-electron chi connectivity index (χ4n) is 8.25. The number of phosphoric acid groups is 1. The van der Waals surface area contributed by atoms with E-state index in [1.54, 1.807) is 0 Å². The highest BCUT2D eigenvalue weighted by Gasteiger charge is 2.27. The van der Waals surface area contributed by atoms with Crippen molar-refractivity contribution >= 4 is 19.8 Å². The molecule has 0 aromatic rings. The van der Waals surface area contributed by atoms with Crippen LogP contribution in [-0.4, -0.2) is 74.9 Å². The lowest BCUT2D eigenvalue weighted by Gasteiger charge is -2.24. The number of carbonyl (C=O) groups is 2. The Bertz CT molecular complexity index is 1730. The van der Waals surface area contributed by atoms with E-state index in [9.17, 15) is 19.0 Å². The van der Waals surface area contributed by atoms with Crippen LogP contribution in [0, 0.1) is 0 Å². The molecule has 78 heavy (non-hydrogen) atoms. The zero-order chi connectivity index (χ0) is 57.0. The standard InChI is InChI=1S/C68H116NO8P/c1-6-8-10-12-14-16-18-20-22-24-26-28-30-32-33-34-35-37-38-40-42-44-46-48-50-52-54-56-58-60-67(70)74-64-66(65-76-78(72,73)75-63-62-69(3,4)5)77-68(71)61-59-57-55-53-51-49-47-45-43-41-39-36-31-29-27-25-23-21-19-17-15-13-11-9-7-2/h8-11,14-17,20-23,26-29,36,39,43,45,66H,6-7,12-13,18-19,24-25,30-35,37-38,40-42,44,46-65H2,1-5H3/p+1/b10-8-,11-9-,16-14-,17-15-,22-20-,23-21-,28-26-,29-27-,39-36-,45-43-. The third kappa shape index (κ3) is 61.6. The van der Waals surface area contributed by atoms with Crippen molar-refractivity contribution in [1.29, 1.82) is 0 Å².